The average Bonchev–Trinajstić information content (AvgIpc) is 3.08. The van der Waals surface area contributed by atoms with Crippen molar-refractivity contribution >= 4 is 11.7 Å². The lowest BCUT2D eigenvalue weighted by Crippen LogP contribution is -2.40. The van der Waals surface area contributed by atoms with E-state index >= 15 is 0 Å². The van der Waals surface area contributed by atoms with Gasteiger partial charge in [0.25, 0.3) is 5.91 Å². The number of aromatic nitrogens is 4. The van der Waals surface area contributed by atoms with Gasteiger partial charge in [0.2, 0.25) is 0 Å². The SMILES string of the molecule is CN(CC1CCN(c2nccnc2C#N)CC1)C(=O)c1cn(C)cn1. The third-order valence-corrected chi connectivity index (χ3v) is 4.50. The number of amides is 1. The predicted molar refractivity (Wildman–Crippen MR) is 91.9 cm³/mol. The Hall–Kier alpha value is -2.95. The molecule has 25 heavy (non-hydrogen) atoms. The third kappa shape index (κ3) is 3.76. The van der Waals surface area contributed by atoms with Crippen molar-refractivity contribution in [2.24, 2.45) is 13.0 Å². The quantitative estimate of drug-likeness (QED) is 0.827. The standard InChI is InChI=1S/C17H21N7O/c1-22-11-15(21-12-22)17(25)23(2)10-13-3-7-24(8-4-13)16-14(9-18)19-5-6-20-16/h5-6,11-13H,3-4,7-8,10H2,1-2H3. The number of imidazole rings is 1. The molecule has 3 heterocycles. The van der Waals surface area contributed by atoms with Gasteiger partial charge in [-0.3, -0.25) is 4.79 Å². The lowest BCUT2D eigenvalue weighted by Gasteiger charge is -2.34. The van der Waals surface area contributed by atoms with Crippen molar-refractivity contribution < 1.29 is 4.79 Å². The monoisotopic (exact) mass is 339 g/mol. The maximum absolute atomic E-state index is 12.4. The Labute approximate surface area is 146 Å². The van der Waals surface area contributed by atoms with E-state index in [1.54, 1.807) is 28.2 Å². The van der Waals surface area contributed by atoms with Gasteiger partial charge in [0.15, 0.2) is 11.5 Å². The summed E-state index contributed by atoms with van der Waals surface area (Å²) in [6.45, 7) is 2.32. The van der Waals surface area contributed by atoms with Gasteiger partial charge in [-0.05, 0) is 18.8 Å². The molecule has 1 fully saturated rings. The van der Waals surface area contributed by atoms with Gasteiger partial charge in [-0.1, -0.05) is 0 Å². The summed E-state index contributed by atoms with van der Waals surface area (Å²) in [6.07, 6.45) is 8.41. The topological polar surface area (TPSA) is 90.9 Å². The Morgan fingerprint density at radius 2 is 2.04 bits per heavy atom. The fourth-order valence-electron chi connectivity index (χ4n) is 3.16. The fourth-order valence-corrected chi connectivity index (χ4v) is 3.16. The number of nitriles is 1. The number of hydrogen-bond donors (Lipinski definition) is 0. The second-order valence-corrected chi connectivity index (χ2v) is 6.38. The van der Waals surface area contributed by atoms with Crippen LogP contribution in [-0.2, 0) is 7.05 Å². The van der Waals surface area contributed by atoms with Crippen LogP contribution in [0.2, 0.25) is 0 Å². The van der Waals surface area contributed by atoms with Crippen LogP contribution in [0.25, 0.3) is 0 Å². The van der Waals surface area contributed by atoms with Crippen molar-refractivity contribution in [1.82, 2.24) is 24.4 Å². The van der Waals surface area contributed by atoms with Crippen LogP contribution in [-0.4, -0.2) is 57.0 Å². The Morgan fingerprint density at radius 1 is 1.32 bits per heavy atom. The van der Waals surface area contributed by atoms with E-state index in [0.717, 1.165) is 25.9 Å². The Balaban J connectivity index is 1.56. The summed E-state index contributed by atoms with van der Waals surface area (Å²) in [7, 11) is 3.67. The second-order valence-electron chi connectivity index (χ2n) is 6.38. The summed E-state index contributed by atoms with van der Waals surface area (Å²) in [5, 5.41) is 9.16. The van der Waals surface area contributed by atoms with Crippen LogP contribution in [0, 0.1) is 17.2 Å². The van der Waals surface area contributed by atoms with Crippen LogP contribution >= 0.6 is 0 Å². The molecule has 0 aliphatic carbocycles. The van der Waals surface area contributed by atoms with Gasteiger partial charge in [-0.25, -0.2) is 15.0 Å². The fraction of sp³-hybridized carbons (Fsp3) is 0.471. The van der Waals surface area contributed by atoms with Crippen molar-refractivity contribution in [3.05, 3.63) is 36.3 Å². The van der Waals surface area contributed by atoms with E-state index in [4.69, 9.17) is 5.26 Å². The average molecular weight is 339 g/mol. The number of anilines is 1. The first-order valence-electron chi connectivity index (χ1n) is 8.28. The van der Waals surface area contributed by atoms with Gasteiger partial charge in [-0.2, -0.15) is 5.26 Å². The molecule has 0 atom stereocenters. The van der Waals surface area contributed by atoms with E-state index in [2.05, 4.69) is 25.9 Å². The summed E-state index contributed by atoms with van der Waals surface area (Å²) < 4.78 is 1.77. The zero-order chi connectivity index (χ0) is 17.8. The van der Waals surface area contributed by atoms with Crippen LogP contribution in [0.3, 0.4) is 0 Å². The maximum atomic E-state index is 12.4. The van der Waals surface area contributed by atoms with Gasteiger partial charge in [0.1, 0.15) is 11.8 Å². The largest absolute Gasteiger partial charge is 0.354 e. The first-order valence-corrected chi connectivity index (χ1v) is 8.28. The van der Waals surface area contributed by atoms with Gasteiger partial charge in [-0.15, -0.1) is 0 Å². The zero-order valence-corrected chi connectivity index (χ0v) is 14.5. The zero-order valence-electron chi connectivity index (χ0n) is 14.5. The third-order valence-electron chi connectivity index (χ3n) is 4.50. The van der Waals surface area contributed by atoms with Crippen molar-refractivity contribution in [2.45, 2.75) is 12.8 Å². The van der Waals surface area contributed by atoms with Crippen LogP contribution in [0.4, 0.5) is 5.82 Å². The van der Waals surface area contributed by atoms with E-state index in [9.17, 15) is 4.79 Å². The van der Waals surface area contributed by atoms with Crippen molar-refractivity contribution in [1.29, 1.82) is 5.26 Å². The normalized spacial score (nSPS) is 15.0. The molecule has 0 N–H and O–H groups in total. The van der Waals surface area contributed by atoms with E-state index in [-0.39, 0.29) is 5.91 Å². The molecule has 2 aromatic rings. The molecule has 0 aromatic carbocycles. The van der Waals surface area contributed by atoms with Gasteiger partial charge >= 0.3 is 0 Å². The molecule has 0 saturated carbocycles. The molecule has 1 saturated heterocycles. The highest BCUT2D eigenvalue weighted by molar-refractivity contribution is 5.91. The van der Waals surface area contributed by atoms with E-state index in [1.165, 1.54) is 6.20 Å². The lowest BCUT2D eigenvalue weighted by molar-refractivity contribution is 0.0759. The number of nitrogens with zero attached hydrogens (tertiary/aromatic N) is 7. The van der Waals surface area contributed by atoms with E-state index < -0.39 is 0 Å². The summed E-state index contributed by atoms with van der Waals surface area (Å²) in [5.41, 5.74) is 0.837. The number of carbonyl (C=O) groups excluding carboxylic acids is 1. The predicted octanol–water partition coefficient (Wildman–Crippen LogP) is 1.07. The minimum atomic E-state index is -0.0521. The first kappa shape index (κ1) is 16.9. The van der Waals surface area contributed by atoms with Crippen LogP contribution in [0.5, 0.6) is 0 Å². The molecule has 8 heteroatoms. The highest BCUT2D eigenvalue weighted by Crippen LogP contribution is 2.24. The summed E-state index contributed by atoms with van der Waals surface area (Å²) in [4.78, 5) is 28.7. The van der Waals surface area contributed by atoms with E-state index in [1.807, 2.05) is 14.1 Å². The molecule has 2 aromatic heterocycles. The van der Waals surface area contributed by atoms with Crippen LogP contribution < -0.4 is 4.90 Å². The van der Waals surface area contributed by atoms with E-state index in [0.29, 0.717) is 29.7 Å². The van der Waals surface area contributed by atoms with Crippen molar-refractivity contribution in [3.63, 3.8) is 0 Å². The van der Waals surface area contributed by atoms with Crippen LogP contribution in [0.15, 0.2) is 24.9 Å². The summed E-state index contributed by atoms with van der Waals surface area (Å²) in [5.74, 6) is 1.03. The molecule has 1 aliphatic rings. The lowest BCUT2D eigenvalue weighted by atomic mass is 9.96. The van der Waals surface area contributed by atoms with Gasteiger partial charge in [0, 0.05) is 52.3 Å². The number of aryl methyl sites for hydroxylation is 1. The summed E-state index contributed by atoms with van der Waals surface area (Å²) >= 11 is 0. The minimum absolute atomic E-state index is 0.0521. The van der Waals surface area contributed by atoms with Crippen LogP contribution in [0.1, 0.15) is 29.0 Å². The maximum Gasteiger partial charge on any atom is 0.273 e. The number of rotatable bonds is 4. The summed E-state index contributed by atoms with van der Waals surface area (Å²) in [6, 6.07) is 2.09. The molecule has 8 nitrogen and oxygen atoms in total. The highest BCUT2D eigenvalue weighted by Gasteiger charge is 2.25. The molecule has 0 unspecified atom stereocenters. The van der Waals surface area contributed by atoms with Gasteiger partial charge in [0.05, 0.1) is 6.33 Å². The van der Waals surface area contributed by atoms with Crippen molar-refractivity contribution in [2.75, 3.05) is 31.6 Å². The molecule has 1 amide bonds. The molecule has 0 radical (unpaired) electrons. The number of hydrogen-bond acceptors (Lipinski definition) is 6. The first-order chi connectivity index (χ1) is 12.1. The number of carbonyl (C=O) groups is 1. The highest BCUT2D eigenvalue weighted by atomic mass is 16.2. The molecule has 1 aliphatic heterocycles. The second kappa shape index (κ2) is 7.30. The van der Waals surface area contributed by atoms with Gasteiger partial charge < -0.3 is 14.4 Å². The Morgan fingerprint density at radius 3 is 2.68 bits per heavy atom. The molecule has 0 spiro atoms. The molecule has 0 bridgehead atoms. The molecular formula is C17H21N7O. The molecule has 130 valence electrons. The van der Waals surface area contributed by atoms with Crippen molar-refractivity contribution in [3.8, 4) is 6.07 Å². The molecular weight excluding hydrogens is 318 g/mol. The Kier molecular flexibility index (Phi) is 4.93. The molecule has 3 rings (SSSR count). The Bertz CT molecular complexity index is 786. The minimum Gasteiger partial charge on any atom is -0.354 e. The smallest absolute Gasteiger partial charge is 0.273 e. The number of piperidine rings is 1.